The zero-order chi connectivity index (χ0) is 15.2. The predicted molar refractivity (Wildman–Crippen MR) is 83.2 cm³/mol. The summed E-state index contributed by atoms with van der Waals surface area (Å²) in [5.74, 6) is 0.813. The molecule has 0 N–H and O–H groups in total. The van der Waals surface area contributed by atoms with Gasteiger partial charge in [-0.15, -0.1) is 0 Å². The van der Waals surface area contributed by atoms with Crippen LogP contribution in [0.4, 0.5) is 0 Å². The molecule has 3 heteroatoms. The lowest BCUT2D eigenvalue weighted by Crippen LogP contribution is -2.07. The lowest BCUT2D eigenvalue weighted by atomic mass is 10.1. The highest BCUT2D eigenvalue weighted by Crippen LogP contribution is 2.24. The fourth-order valence-corrected chi connectivity index (χ4v) is 1.73. The first-order chi connectivity index (χ1) is 10.1. The Morgan fingerprint density at radius 2 is 1.43 bits per heavy atom. The maximum absolute atomic E-state index is 11.4. The SMILES string of the molecule is C=COc1ccc(-c2ccc(OC(=O)C(=C)C)cc2)cc1. The molecule has 21 heavy (non-hydrogen) atoms. The van der Waals surface area contributed by atoms with E-state index in [1.54, 1.807) is 19.1 Å². The third kappa shape index (κ3) is 3.83. The van der Waals surface area contributed by atoms with E-state index in [9.17, 15) is 4.79 Å². The van der Waals surface area contributed by atoms with Crippen LogP contribution in [0, 0.1) is 0 Å². The molecule has 2 aromatic carbocycles. The van der Waals surface area contributed by atoms with Gasteiger partial charge in [0, 0.05) is 5.57 Å². The summed E-state index contributed by atoms with van der Waals surface area (Å²) in [7, 11) is 0. The van der Waals surface area contributed by atoms with Crippen LogP contribution >= 0.6 is 0 Å². The highest BCUT2D eigenvalue weighted by molar-refractivity contribution is 5.88. The number of ether oxygens (including phenoxy) is 2. The highest BCUT2D eigenvalue weighted by atomic mass is 16.5. The molecule has 0 amide bonds. The number of esters is 1. The van der Waals surface area contributed by atoms with E-state index in [-0.39, 0.29) is 0 Å². The van der Waals surface area contributed by atoms with E-state index in [2.05, 4.69) is 13.2 Å². The van der Waals surface area contributed by atoms with Gasteiger partial charge in [0.2, 0.25) is 0 Å². The monoisotopic (exact) mass is 280 g/mol. The van der Waals surface area contributed by atoms with E-state index in [1.165, 1.54) is 6.26 Å². The van der Waals surface area contributed by atoms with Crippen molar-refractivity contribution in [3.63, 3.8) is 0 Å². The second kappa shape index (κ2) is 6.57. The van der Waals surface area contributed by atoms with Crippen LogP contribution in [0.25, 0.3) is 11.1 Å². The minimum atomic E-state index is -0.423. The van der Waals surface area contributed by atoms with Crippen LogP contribution in [0.1, 0.15) is 6.92 Å². The van der Waals surface area contributed by atoms with Crippen molar-refractivity contribution < 1.29 is 14.3 Å². The first-order valence-electron chi connectivity index (χ1n) is 6.46. The zero-order valence-corrected chi connectivity index (χ0v) is 11.8. The van der Waals surface area contributed by atoms with E-state index < -0.39 is 5.97 Å². The molecule has 0 unspecified atom stereocenters. The third-order valence-electron chi connectivity index (χ3n) is 2.82. The van der Waals surface area contributed by atoms with Crippen LogP contribution < -0.4 is 9.47 Å². The van der Waals surface area contributed by atoms with Gasteiger partial charge in [-0.05, 0) is 42.3 Å². The topological polar surface area (TPSA) is 35.5 Å². The van der Waals surface area contributed by atoms with Crippen molar-refractivity contribution in [3.05, 3.63) is 73.5 Å². The summed E-state index contributed by atoms with van der Waals surface area (Å²) in [6.07, 6.45) is 1.39. The maximum atomic E-state index is 11.4. The van der Waals surface area contributed by atoms with E-state index in [0.29, 0.717) is 11.3 Å². The van der Waals surface area contributed by atoms with Crippen LogP contribution in [-0.4, -0.2) is 5.97 Å². The smallest absolute Gasteiger partial charge is 0.338 e. The van der Waals surface area contributed by atoms with E-state index in [4.69, 9.17) is 9.47 Å². The second-order valence-corrected chi connectivity index (χ2v) is 4.50. The Kier molecular flexibility index (Phi) is 4.57. The van der Waals surface area contributed by atoms with Crippen molar-refractivity contribution in [2.24, 2.45) is 0 Å². The van der Waals surface area contributed by atoms with Crippen molar-refractivity contribution in [1.82, 2.24) is 0 Å². The van der Waals surface area contributed by atoms with Gasteiger partial charge in [0.05, 0.1) is 6.26 Å². The fourth-order valence-electron chi connectivity index (χ4n) is 1.73. The molecule has 0 aromatic heterocycles. The van der Waals surface area contributed by atoms with Gasteiger partial charge in [-0.3, -0.25) is 0 Å². The van der Waals surface area contributed by atoms with Gasteiger partial charge in [0.25, 0.3) is 0 Å². The molecule has 0 aliphatic rings. The molecule has 2 aromatic rings. The molecule has 0 saturated carbocycles. The molecule has 0 saturated heterocycles. The minimum absolute atomic E-state index is 0.372. The Hall–Kier alpha value is -2.81. The molecule has 0 radical (unpaired) electrons. The van der Waals surface area contributed by atoms with E-state index in [0.717, 1.165) is 16.9 Å². The first-order valence-corrected chi connectivity index (χ1v) is 6.46. The summed E-state index contributed by atoms with van der Waals surface area (Å²) in [5, 5.41) is 0. The van der Waals surface area contributed by atoms with Gasteiger partial charge in [-0.1, -0.05) is 37.4 Å². The Labute approximate surface area is 124 Å². The molecule has 0 spiro atoms. The Morgan fingerprint density at radius 3 is 1.86 bits per heavy atom. The first kappa shape index (κ1) is 14.6. The van der Waals surface area contributed by atoms with Crippen LogP contribution in [0.3, 0.4) is 0 Å². The summed E-state index contributed by atoms with van der Waals surface area (Å²) in [4.78, 5) is 11.4. The molecular weight excluding hydrogens is 264 g/mol. The number of hydrogen-bond acceptors (Lipinski definition) is 3. The molecule has 0 fully saturated rings. The lowest BCUT2D eigenvalue weighted by molar-refractivity contribution is -0.130. The Balaban J connectivity index is 2.13. The number of hydrogen-bond donors (Lipinski definition) is 0. The summed E-state index contributed by atoms with van der Waals surface area (Å²) < 4.78 is 10.3. The standard InChI is InChI=1S/C18H16O3/c1-4-20-16-9-5-14(6-10-16)15-7-11-17(12-8-15)21-18(19)13(2)3/h4-12H,1-2H2,3H3. The maximum Gasteiger partial charge on any atom is 0.338 e. The highest BCUT2D eigenvalue weighted by Gasteiger charge is 2.05. The number of benzene rings is 2. The number of carbonyl (C=O) groups excluding carboxylic acids is 1. The molecular formula is C18H16O3. The van der Waals surface area contributed by atoms with E-state index in [1.807, 2.05) is 36.4 Å². The molecule has 0 bridgehead atoms. The number of rotatable bonds is 5. The molecule has 0 aliphatic carbocycles. The Bertz CT molecular complexity index is 652. The van der Waals surface area contributed by atoms with Gasteiger partial charge in [-0.25, -0.2) is 4.79 Å². The minimum Gasteiger partial charge on any atom is -0.466 e. The number of carbonyl (C=O) groups is 1. The normalized spacial score (nSPS) is 9.76. The van der Waals surface area contributed by atoms with Gasteiger partial charge >= 0.3 is 5.97 Å². The van der Waals surface area contributed by atoms with Gasteiger partial charge < -0.3 is 9.47 Å². The molecule has 0 aliphatic heterocycles. The lowest BCUT2D eigenvalue weighted by Gasteiger charge is -2.06. The third-order valence-corrected chi connectivity index (χ3v) is 2.82. The molecule has 0 atom stereocenters. The summed E-state index contributed by atoms with van der Waals surface area (Å²) in [6.45, 7) is 8.67. The quantitative estimate of drug-likeness (QED) is 0.353. The zero-order valence-electron chi connectivity index (χ0n) is 11.8. The van der Waals surface area contributed by atoms with E-state index >= 15 is 0 Å². The van der Waals surface area contributed by atoms with Crippen molar-refractivity contribution in [3.8, 4) is 22.6 Å². The summed E-state index contributed by atoms with van der Waals surface area (Å²) in [5.41, 5.74) is 2.44. The molecule has 3 nitrogen and oxygen atoms in total. The van der Waals surface area contributed by atoms with Crippen molar-refractivity contribution in [1.29, 1.82) is 0 Å². The van der Waals surface area contributed by atoms with Crippen LogP contribution in [0.15, 0.2) is 73.5 Å². The summed E-state index contributed by atoms with van der Waals surface area (Å²) >= 11 is 0. The van der Waals surface area contributed by atoms with Gasteiger partial charge in [0.1, 0.15) is 11.5 Å². The molecule has 2 rings (SSSR count). The van der Waals surface area contributed by atoms with Gasteiger partial charge in [-0.2, -0.15) is 0 Å². The largest absolute Gasteiger partial charge is 0.466 e. The fraction of sp³-hybridized carbons (Fsp3) is 0.0556. The second-order valence-electron chi connectivity index (χ2n) is 4.50. The predicted octanol–water partition coefficient (Wildman–Crippen LogP) is 4.36. The van der Waals surface area contributed by atoms with Crippen LogP contribution in [0.5, 0.6) is 11.5 Å². The van der Waals surface area contributed by atoms with Crippen molar-refractivity contribution in [2.45, 2.75) is 6.92 Å². The molecule has 106 valence electrons. The van der Waals surface area contributed by atoms with Crippen LogP contribution in [-0.2, 0) is 4.79 Å². The molecule has 0 heterocycles. The average molecular weight is 280 g/mol. The summed E-state index contributed by atoms with van der Waals surface area (Å²) in [6, 6.07) is 14.9. The average Bonchev–Trinajstić information content (AvgIpc) is 2.49. The van der Waals surface area contributed by atoms with Gasteiger partial charge in [0.15, 0.2) is 0 Å². The Morgan fingerprint density at radius 1 is 0.952 bits per heavy atom. The van der Waals surface area contributed by atoms with Crippen LogP contribution in [0.2, 0.25) is 0 Å². The van der Waals surface area contributed by atoms with Crippen molar-refractivity contribution >= 4 is 5.97 Å². The van der Waals surface area contributed by atoms with Crippen molar-refractivity contribution in [2.75, 3.05) is 0 Å².